The molecule has 1 aliphatic heterocycles. The van der Waals surface area contributed by atoms with Crippen LogP contribution >= 0.6 is 0 Å². The summed E-state index contributed by atoms with van der Waals surface area (Å²) in [6.45, 7) is 6.17. The fourth-order valence-corrected chi connectivity index (χ4v) is 4.00. The lowest BCUT2D eigenvalue weighted by atomic mass is 9.99. The first-order valence-corrected chi connectivity index (χ1v) is 9.76. The van der Waals surface area contributed by atoms with Crippen molar-refractivity contribution in [2.24, 2.45) is 0 Å². The van der Waals surface area contributed by atoms with Gasteiger partial charge in [0.1, 0.15) is 18.4 Å². The van der Waals surface area contributed by atoms with Gasteiger partial charge in [0.25, 0.3) is 5.91 Å². The predicted molar refractivity (Wildman–Crippen MR) is 114 cm³/mol. The molecule has 5 nitrogen and oxygen atoms in total. The van der Waals surface area contributed by atoms with Crippen LogP contribution in [0, 0.1) is 13.8 Å². The smallest absolute Gasteiger partial charge is 0.254 e. The molecule has 4 rings (SSSR count). The summed E-state index contributed by atoms with van der Waals surface area (Å²) in [5.74, 6) is 0.439. The van der Waals surface area contributed by atoms with Crippen molar-refractivity contribution in [1.29, 1.82) is 0 Å². The largest absolute Gasteiger partial charge is 0.492 e. The number of hydrogen-bond donors (Lipinski definition) is 1. The topological polar surface area (TPSA) is 58.6 Å². The Balaban J connectivity index is 1.54. The number of benzene rings is 3. The van der Waals surface area contributed by atoms with E-state index in [4.69, 9.17) is 4.74 Å². The minimum absolute atomic E-state index is 0.116. The van der Waals surface area contributed by atoms with Crippen LogP contribution in [0.4, 0.5) is 5.69 Å². The second-order valence-corrected chi connectivity index (χ2v) is 7.44. The molecule has 0 unspecified atom stereocenters. The standard InChI is InChI=1S/C24H24N2O3/c1-15-8-9-16(2)23-21(15)22(25-17(3)27)24(28)26(23)12-13-29-20-11-10-18-6-4-5-7-19(18)14-20/h4-11,14,22H,12-13H2,1-3H3,(H,25,27)/t22-/m0/s1. The van der Waals surface area contributed by atoms with Crippen molar-refractivity contribution < 1.29 is 14.3 Å². The number of ether oxygens (including phenoxy) is 1. The maximum absolute atomic E-state index is 13.1. The second-order valence-electron chi connectivity index (χ2n) is 7.44. The van der Waals surface area contributed by atoms with E-state index in [0.29, 0.717) is 13.2 Å². The van der Waals surface area contributed by atoms with Crippen LogP contribution in [0.2, 0.25) is 0 Å². The highest BCUT2D eigenvalue weighted by atomic mass is 16.5. The Morgan fingerprint density at radius 1 is 1.03 bits per heavy atom. The molecule has 1 aliphatic rings. The van der Waals surface area contributed by atoms with Crippen molar-refractivity contribution in [2.75, 3.05) is 18.1 Å². The first-order valence-electron chi connectivity index (χ1n) is 9.76. The van der Waals surface area contributed by atoms with E-state index < -0.39 is 6.04 Å². The van der Waals surface area contributed by atoms with Crippen LogP contribution in [0.3, 0.4) is 0 Å². The lowest BCUT2D eigenvalue weighted by Crippen LogP contribution is -2.38. The molecule has 5 heteroatoms. The van der Waals surface area contributed by atoms with E-state index in [-0.39, 0.29) is 11.8 Å². The lowest BCUT2D eigenvalue weighted by Gasteiger charge is -2.20. The quantitative estimate of drug-likeness (QED) is 0.717. The van der Waals surface area contributed by atoms with Gasteiger partial charge in [-0.2, -0.15) is 0 Å². The fraction of sp³-hybridized carbons (Fsp3) is 0.250. The summed E-state index contributed by atoms with van der Waals surface area (Å²) < 4.78 is 5.94. The highest BCUT2D eigenvalue weighted by Crippen LogP contribution is 2.40. The number of amides is 2. The highest BCUT2D eigenvalue weighted by Gasteiger charge is 2.39. The van der Waals surface area contributed by atoms with E-state index in [1.54, 1.807) is 4.90 Å². The summed E-state index contributed by atoms with van der Waals surface area (Å²) in [6, 6.07) is 17.5. The van der Waals surface area contributed by atoms with E-state index in [9.17, 15) is 9.59 Å². The average molecular weight is 388 g/mol. The van der Waals surface area contributed by atoms with Crippen LogP contribution in [0.25, 0.3) is 10.8 Å². The maximum atomic E-state index is 13.1. The van der Waals surface area contributed by atoms with E-state index in [1.807, 2.05) is 62.4 Å². The summed E-state index contributed by atoms with van der Waals surface area (Å²) in [6.07, 6.45) is 0. The van der Waals surface area contributed by atoms with Crippen LogP contribution in [0.1, 0.15) is 29.7 Å². The average Bonchev–Trinajstić information content (AvgIpc) is 2.97. The Kier molecular flexibility index (Phi) is 4.97. The van der Waals surface area contributed by atoms with Crippen LogP contribution in [-0.2, 0) is 9.59 Å². The molecular formula is C24H24N2O3. The van der Waals surface area contributed by atoms with Crippen molar-refractivity contribution in [2.45, 2.75) is 26.8 Å². The number of anilines is 1. The van der Waals surface area contributed by atoms with Gasteiger partial charge in [0.2, 0.25) is 5.91 Å². The number of carbonyl (C=O) groups is 2. The van der Waals surface area contributed by atoms with Gasteiger partial charge in [0.15, 0.2) is 0 Å². The first kappa shape index (κ1) is 19.0. The normalized spacial score (nSPS) is 15.5. The summed E-state index contributed by atoms with van der Waals surface area (Å²) in [7, 11) is 0. The van der Waals surface area contributed by atoms with Gasteiger partial charge < -0.3 is 15.0 Å². The molecule has 0 aliphatic carbocycles. The van der Waals surface area contributed by atoms with Gasteiger partial charge >= 0.3 is 0 Å². The van der Waals surface area contributed by atoms with Gasteiger partial charge in [-0.25, -0.2) is 0 Å². The molecule has 1 atom stereocenters. The molecule has 0 saturated carbocycles. The number of hydrogen-bond acceptors (Lipinski definition) is 3. The van der Waals surface area contributed by atoms with Gasteiger partial charge in [0.05, 0.1) is 12.2 Å². The molecule has 0 aromatic heterocycles. The van der Waals surface area contributed by atoms with Crippen LogP contribution in [0.15, 0.2) is 54.6 Å². The zero-order valence-corrected chi connectivity index (χ0v) is 16.9. The minimum atomic E-state index is -0.636. The summed E-state index contributed by atoms with van der Waals surface area (Å²) in [5, 5.41) is 5.08. The van der Waals surface area contributed by atoms with Crippen molar-refractivity contribution in [1.82, 2.24) is 5.32 Å². The number of aryl methyl sites for hydroxylation is 2. The van der Waals surface area contributed by atoms with Crippen molar-refractivity contribution in [3.05, 3.63) is 71.3 Å². The summed E-state index contributed by atoms with van der Waals surface area (Å²) >= 11 is 0. The Morgan fingerprint density at radius 2 is 1.76 bits per heavy atom. The molecular weight excluding hydrogens is 364 g/mol. The zero-order valence-electron chi connectivity index (χ0n) is 16.9. The molecule has 29 heavy (non-hydrogen) atoms. The van der Waals surface area contributed by atoms with E-state index in [2.05, 4.69) is 11.4 Å². The van der Waals surface area contributed by atoms with Gasteiger partial charge in [-0.3, -0.25) is 9.59 Å². The Labute approximate surface area is 170 Å². The monoisotopic (exact) mass is 388 g/mol. The SMILES string of the molecule is CC(=O)N[C@@H]1C(=O)N(CCOc2ccc3ccccc3c2)c2c(C)ccc(C)c21. The molecule has 0 fully saturated rings. The maximum Gasteiger partial charge on any atom is 0.254 e. The van der Waals surface area contributed by atoms with Gasteiger partial charge in [-0.15, -0.1) is 0 Å². The molecule has 0 spiro atoms. The third kappa shape index (κ3) is 3.56. The Hall–Kier alpha value is -3.34. The van der Waals surface area contributed by atoms with Crippen molar-refractivity contribution >= 4 is 28.3 Å². The zero-order chi connectivity index (χ0) is 20.5. The van der Waals surface area contributed by atoms with Gasteiger partial charge in [-0.1, -0.05) is 42.5 Å². The predicted octanol–water partition coefficient (Wildman–Crippen LogP) is 4.06. The molecule has 1 heterocycles. The van der Waals surface area contributed by atoms with E-state index in [1.165, 1.54) is 6.92 Å². The molecule has 0 saturated heterocycles. The molecule has 2 amide bonds. The first-order chi connectivity index (χ1) is 14.0. The third-order valence-electron chi connectivity index (χ3n) is 5.36. The van der Waals surface area contributed by atoms with E-state index in [0.717, 1.165) is 38.9 Å². The highest BCUT2D eigenvalue weighted by molar-refractivity contribution is 6.07. The third-order valence-corrected chi connectivity index (χ3v) is 5.36. The summed E-state index contributed by atoms with van der Waals surface area (Å²) in [5.41, 5.74) is 3.78. The number of rotatable bonds is 5. The number of carbonyl (C=O) groups excluding carboxylic acids is 2. The molecule has 3 aromatic carbocycles. The molecule has 148 valence electrons. The molecule has 0 bridgehead atoms. The molecule has 3 aromatic rings. The van der Waals surface area contributed by atoms with Crippen LogP contribution in [0.5, 0.6) is 5.75 Å². The second kappa shape index (κ2) is 7.59. The number of fused-ring (bicyclic) bond motifs is 2. The van der Waals surface area contributed by atoms with E-state index >= 15 is 0 Å². The van der Waals surface area contributed by atoms with Crippen LogP contribution < -0.4 is 15.0 Å². The summed E-state index contributed by atoms with van der Waals surface area (Å²) in [4.78, 5) is 26.5. The van der Waals surface area contributed by atoms with Crippen LogP contribution in [-0.4, -0.2) is 25.0 Å². The molecule has 1 N–H and O–H groups in total. The van der Waals surface area contributed by atoms with Gasteiger partial charge in [-0.05, 0) is 47.9 Å². The van der Waals surface area contributed by atoms with Crippen molar-refractivity contribution in [3.8, 4) is 5.75 Å². The minimum Gasteiger partial charge on any atom is -0.492 e. The fourth-order valence-electron chi connectivity index (χ4n) is 4.00. The Bertz CT molecular complexity index is 1110. The lowest BCUT2D eigenvalue weighted by molar-refractivity contribution is -0.126. The number of nitrogens with one attached hydrogen (secondary N) is 1. The van der Waals surface area contributed by atoms with Gasteiger partial charge in [0, 0.05) is 12.5 Å². The van der Waals surface area contributed by atoms with Crippen molar-refractivity contribution in [3.63, 3.8) is 0 Å². The Morgan fingerprint density at radius 3 is 2.52 bits per heavy atom. The number of nitrogens with zero attached hydrogens (tertiary/aromatic N) is 1. The molecule has 0 radical (unpaired) electrons.